The van der Waals surface area contributed by atoms with Crippen LogP contribution in [-0.2, 0) is 14.9 Å². The fraction of sp³-hybridized carbons (Fsp3) is 0.625. The molecule has 0 heterocycles. The topological polar surface area (TPSA) is 91.7 Å². The van der Waals surface area contributed by atoms with E-state index in [-0.39, 0.29) is 11.8 Å². The smallest absolute Gasteiger partial charge is 0.308 e. The summed E-state index contributed by atoms with van der Waals surface area (Å²) in [6.45, 7) is 0. The van der Waals surface area contributed by atoms with Gasteiger partial charge in [-0.25, -0.2) is 0 Å². The highest BCUT2D eigenvalue weighted by molar-refractivity contribution is 7.86. The van der Waals surface area contributed by atoms with Crippen molar-refractivity contribution < 1.29 is 22.9 Å². The van der Waals surface area contributed by atoms with Gasteiger partial charge in [-0.2, -0.15) is 8.42 Å². The second-order valence-corrected chi connectivity index (χ2v) is 5.37. The van der Waals surface area contributed by atoms with Crippen molar-refractivity contribution in [3.05, 3.63) is 12.2 Å². The van der Waals surface area contributed by atoms with Gasteiger partial charge in [-0.05, 0) is 18.3 Å². The van der Waals surface area contributed by atoms with Gasteiger partial charge in [0.05, 0.1) is 5.92 Å². The Morgan fingerprint density at radius 2 is 1.86 bits per heavy atom. The summed E-state index contributed by atoms with van der Waals surface area (Å²) in [7, 11) is -4.26. The van der Waals surface area contributed by atoms with Gasteiger partial charge in [-0.1, -0.05) is 12.2 Å². The van der Waals surface area contributed by atoms with Gasteiger partial charge in [0, 0.05) is 0 Å². The maximum absolute atomic E-state index is 11.0. The van der Waals surface area contributed by atoms with Crippen molar-refractivity contribution in [3.63, 3.8) is 0 Å². The van der Waals surface area contributed by atoms with Crippen molar-refractivity contribution in [3.8, 4) is 0 Å². The molecule has 0 spiro atoms. The molecule has 0 amide bonds. The third-order valence-electron chi connectivity index (χ3n) is 3.02. The molecule has 0 aliphatic heterocycles. The number of rotatable bonds is 2. The Bertz CT molecular complexity index is 396. The number of fused-ring (bicyclic) bond motifs is 2. The lowest BCUT2D eigenvalue weighted by atomic mass is 9.93. The zero-order chi connectivity index (χ0) is 10.5. The summed E-state index contributed by atoms with van der Waals surface area (Å²) in [6, 6.07) is 0. The van der Waals surface area contributed by atoms with Gasteiger partial charge in [-0.15, -0.1) is 0 Å². The lowest BCUT2D eigenvalue weighted by molar-refractivity contribution is -0.142. The van der Waals surface area contributed by atoms with Gasteiger partial charge in [0.15, 0.2) is 0 Å². The van der Waals surface area contributed by atoms with Crippen molar-refractivity contribution in [1.29, 1.82) is 0 Å². The first-order chi connectivity index (χ1) is 6.41. The molecule has 0 aromatic heterocycles. The number of carboxylic acids is 1. The molecule has 4 atom stereocenters. The van der Waals surface area contributed by atoms with Crippen LogP contribution in [0.25, 0.3) is 0 Å². The molecular weight excluding hydrogens is 208 g/mol. The van der Waals surface area contributed by atoms with Crippen LogP contribution in [0.4, 0.5) is 0 Å². The first kappa shape index (κ1) is 9.67. The monoisotopic (exact) mass is 218 g/mol. The molecule has 6 heteroatoms. The minimum Gasteiger partial charge on any atom is -0.481 e. The van der Waals surface area contributed by atoms with E-state index in [4.69, 9.17) is 9.66 Å². The summed E-state index contributed by atoms with van der Waals surface area (Å²) in [5.41, 5.74) is 0. The minimum atomic E-state index is -4.26. The molecule has 2 aliphatic rings. The first-order valence-corrected chi connectivity index (χ1v) is 5.79. The second-order valence-electron chi connectivity index (χ2n) is 3.79. The maximum Gasteiger partial charge on any atom is 0.308 e. The normalized spacial score (nSPS) is 40.4. The van der Waals surface area contributed by atoms with E-state index in [9.17, 15) is 13.2 Å². The van der Waals surface area contributed by atoms with E-state index in [1.807, 2.05) is 0 Å². The third kappa shape index (κ3) is 1.26. The van der Waals surface area contributed by atoms with Gasteiger partial charge in [0.25, 0.3) is 10.1 Å². The third-order valence-corrected chi connectivity index (χ3v) is 4.35. The van der Waals surface area contributed by atoms with Crippen molar-refractivity contribution in [2.75, 3.05) is 0 Å². The molecule has 0 aromatic carbocycles. The highest BCUT2D eigenvalue weighted by Gasteiger charge is 2.53. The highest BCUT2D eigenvalue weighted by Crippen LogP contribution is 2.46. The van der Waals surface area contributed by atoms with E-state index < -0.39 is 27.3 Å². The van der Waals surface area contributed by atoms with Crippen molar-refractivity contribution in [1.82, 2.24) is 0 Å². The fourth-order valence-corrected chi connectivity index (χ4v) is 3.84. The average molecular weight is 218 g/mol. The molecule has 2 N–H and O–H groups in total. The number of carboxylic acid groups (broad SMARTS) is 1. The van der Waals surface area contributed by atoms with Crippen LogP contribution in [0.15, 0.2) is 12.2 Å². The second kappa shape index (κ2) is 2.80. The van der Waals surface area contributed by atoms with E-state index >= 15 is 0 Å². The molecule has 2 aliphatic carbocycles. The molecular formula is C8H10O5S. The maximum atomic E-state index is 11.0. The number of hydrogen-bond acceptors (Lipinski definition) is 3. The Balaban J connectivity index is 2.41. The highest BCUT2D eigenvalue weighted by atomic mass is 32.2. The number of allylic oxidation sites excluding steroid dienone is 2. The Morgan fingerprint density at radius 3 is 2.29 bits per heavy atom. The Hall–Kier alpha value is -0.880. The predicted octanol–water partition coefficient (Wildman–Crippen LogP) is 0.150. The van der Waals surface area contributed by atoms with E-state index in [0.29, 0.717) is 6.42 Å². The van der Waals surface area contributed by atoms with Crippen molar-refractivity contribution in [2.45, 2.75) is 11.7 Å². The number of hydrogen-bond donors (Lipinski definition) is 2. The largest absolute Gasteiger partial charge is 0.481 e. The molecule has 2 bridgehead atoms. The molecule has 0 radical (unpaired) electrons. The lowest BCUT2D eigenvalue weighted by Crippen LogP contribution is -2.37. The van der Waals surface area contributed by atoms with Crippen molar-refractivity contribution >= 4 is 16.1 Å². The summed E-state index contributed by atoms with van der Waals surface area (Å²) >= 11 is 0. The molecule has 4 unspecified atom stereocenters. The molecule has 0 aromatic rings. The quantitative estimate of drug-likeness (QED) is 0.508. The SMILES string of the molecule is O=C(O)C1C2C=CC(C2)C1S(=O)(=O)O. The lowest BCUT2D eigenvalue weighted by Gasteiger charge is -2.21. The number of aliphatic carboxylic acids is 1. The van der Waals surface area contributed by atoms with Crippen LogP contribution in [0.3, 0.4) is 0 Å². The summed E-state index contributed by atoms with van der Waals surface area (Å²) in [5, 5.41) is 7.70. The van der Waals surface area contributed by atoms with Crippen LogP contribution in [0, 0.1) is 17.8 Å². The molecule has 2 rings (SSSR count). The van der Waals surface area contributed by atoms with E-state index in [2.05, 4.69) is 0 Å². The minimum absolute atomic E-state index is 0.246. The zero-order valence-corrected chi connectivity index (χ0v) is 8.02. The zero-order valence-electron chi connectivity index (χ0n) is 7.20. The summed E-state index contributed by atoms with van der Waals surface area (Å²) in [4.78, 5) is 10.8. The van der Waals surface area contributed by atoms with Crippen molar-refractivity contribution in [2.24, 2.45) is 17.8 Å². The van der Waals surface area contributed by atoms with Crippen LogP contribution >= 0.6 is 0 Å². The van der Waals surface area contributed by atoms with Crippen LogP contribution in [-0.4, -0.2) is 29.3 Å². The van der Waals surface area contributed by atoms with Crippen LogP contribution in [0.2, 0.25) is 0 Å². The Kier molecular flexibility index (Phi) is 1.94. The molecule has 1 fully saturated rings. The molecule has 14 heavy (non-hydrogen) atoms. The number of carbonyl (C=O) groups is 1. The molecule has 0 saturated heterocycles. The average Bonchev–Trinajstić information content (AvgIpc) is 2.58. The van der Waals surface area contributed by atoms with Gasteiger partial charge in [0.2, 0.25) is 0 Å². The van der Waals surface area contributed by atoms with Crippen LogP contribution in [0.5, 0.6) is 0 Å². The fourth-order valence-electron chi connectivity index (χ4n) is 2.51. The predicted molar refractivity (Wildman–Crippen MR) is 47.2 cm³/mol. The van der Waals surface area contributed by atoms with Gasteiger partial charge in [-0.3, -0.25) is 9.35 Å². The molecule has 1 saturated carbocycles. The first-order valence-electron chi connectivity index (χ1n) is 4.28. The van der Waals surface area contributed by atoms with Crippen LogP contribution < -0.4 is 0 Å². The molecule has 5 nitrogen and oxygen atoms in total. The Morgan fingerprint density at radius 1 is 1.29 bits per heavy atom. The van der Waals surface area contributed by atoms with Gasteiger partial charge >= 0.3 is 5.97 Å². The van der Waals surface area contributed by atoms with Gasteiger partial charge < -0.3 is 5.11 Å². The standard InChI is InChI=1S/C8H10O5S/c9-8(10)6-4-1-2-5(3-4)7(6)14(11,12)13/h1-2,4-7H,3H2,(H,9,10)(H,11,12,13). The summed E-state index contributed by atoms with van der Waals surface area (Å²) in [6.07, 6.45) is 3.93. The summed E-state index contributed by atoms with van der Waals surface area (Å²) in [5.74, 6) is -2.72. The Labute approximate surface area is 81.2 Å². The van der Waals surface area contributed by atoms with E-state index in [1.165, 1.54) is 0 Å². The van der Waals surface area contributed by atoms with Gasteiger partial charge in [0.1, 0.15) is 5.25 Å². The van der Waals surface area contributed by atoms with Crippen LogP contribution in [0.1, 0.15) is 6.42 Å². The molecule has 78 valence electrons. The van der Waals surface area contributed by atoms with E-state index in [1.54, 1.807) is 12.2 Å². The van der Waals surface area contributed by atoms with E-state index in [0.717, 1.165) is 0 Å². The summed E-state index contributed by atoms with van der Waals surface area (Å²) < 4.78 is 30.9.